The molecule has 0 radical (unpaired) electrons. The Morgan fingerprint density at radius 1 is 0.966 bits per heavy atom. The summed E-state index contributed by atoms with van der Waals surface area (Å²) in [5.74, 6) is -0.950. The number of nitrogens with one attached hydrogen (secondary N) is 2. The number of aryl methyl sites for hydroxylation is 1. The minimum Gasteiger partial charge on any atom is -0.487 e. The van der Waals surface area contributed by atoms with Gasteiger partial charge in [0, 0.05) is 75.6 Å². The Kier molecular flexibility index (Phi) is 11.1. The molecule has 2 N–H and O–H groups in total. The molecule has 0 spiro atoms. The molecule has 2 amide bonds. The highest BCUT2D eigenvalue weighted by atomic mass is 32.2. The number of carbonyl (C=O) groups excluding carboxylic acids is 2. The number of rotatable bonds is 13. The van der Waals surface area contributed by atoms with E-state index in [9.17, 15) is 18.6 Å². The van der Waals surface area contributed by atoms with E-state index in [4.69, 9.17) is 4.74 Å². The largest absolute Gasteiger partial charge is 0.487 e. The van der Waals surface area contributed by atoms with Crippen molar-refractivity contribution in [1.29, 1.82) is 0 Å². The Labute approximate surface area is 337 Å². The zero-order chi connectivity index (χ0) is 40.5. The molecule has 14 nitrogen and oxygen atoms in total. The number of piperazine rings is 1. The number of fused-ring (bicyclic) bond motifs is 2. The van der Waals surface area contributed by atoms with E-state index in [1.54, 1.807) is 30.9 Å². The van der Waals surface area contributed by atoms with Gasteiger partial charge in [-0.15, -0.1) is 0 Å². The molecule has 2 atom stereocenters. The first-order chi connectivity index (χ1) is 28.1. The van der Waals surface area contributed by atoms with Crippen molar-refractivity contribution in [3.63, 3.8) is 0 Å². The summed E-state index contributed by atoms with van der Waals surface area (Å²) in [6.45, 7) is 7.13. The van der Waals surface area contributed by atoms with Gasteiger partial charge in [-0.25, -0.2) is 18.1 Å². The highest BCUT2D eigenvalue weighted by Crippen LogP contribution is 2.40. The first-order valence-corrected chi connectivity index (χ1v) is 20.6. The van der Waals surface area contributed by atoms with Gasteiger partial charge in [0.1, 0.15) is 24.1 Å². The quantitative estimate of drug-likeness (QED) is 0.163. The van der Waals surface area contributed by atoms with E-state index in [-0.39, 0.29) is 30.3 Å². The lowest BCUT2D eigenvalue weighted by Gasteiger charge is -2.36. The van der Waals surface area contributed by atoms with Crippen molar-refractivity contribution in [2.45, 2.75) is 39.0 Å². The van der Waals surface area contributed by atoms with Gasteiger partial charge in [0.05, 0.1) is 23.8 Å². The lowest BCUT2D eigenvalue weighted by atomic mass is 10.0. The van der Waals surface area contributed by atoms with E-state index in [2.05, 4.69) is 24.9 Å². The Balaban J connectivity index is 0.931. The molecule has 2 aliphatic rings. The minimum atomic E-state index is -1.68. The number of amides is 2. The summed E-state index contributed by atoms with van der Waals surface area (Å²) in [7, 11) is 3.28. The van der Waals surface area contributed by atoms with Crippen LogP contribution in [-0.4, -0.2) is 86.2 Å². The van der Waals surface area contributed by atoms with E-state index in [1.165, 1.54) is 8.87 Å². The predicted octanol–water partition coefficient (Wildman–Crippen LogP) is 4.50. The third kappa shape index (κ3) is 7.62. The van der Waals surface area contributed by atoms with Crippen LogP contribution in [0.2, 0.25) is 0 Å². The van der Waals surface area contributed by atoms with Crippen molar-refractivity contribution < 1.29 is 22.9 Å². The second-order valence-electron chi connectivity index (χ2n) is 14.6. The van der Waals surface area contributed by atoms with Gasteiger partial charge in [0.25, 0.3) is 0 Å². The first-order valence-electron chi connectivity index (χ1n) is 19.5. The number of ether oxygens (including phenoxy) is 1. The minimum absolute atomic E-state index is 0.140. The molecular weight excluding hydrogens is 762 g/mol. The van der Waals surface area contributed by atoms with Gasteiger partial charge < -0.3 is 9.64 Å². The fourth-order valence-corrected chi connectivity index (χ4v) is 8.72. The van der Waals surface area contributed by atoms with Crippen molar-refractivity contribution in [2.24, 2.45) is 7.05 Å². The van der Waals surface area contributed by atoms with Gasteiger partial charge in [-0.05, 0) is 67.2 Å². The number of hydrogen-bond donors (Lipinski definition) is 2. The lowest BCUT2D eigenvalue weighted by Crippen LogP contribution is -2.47. The zero-order valence-electron chi connectivity index (χ0n) is 32.7. The fraction of sp³-hybridized carbons (Fsp3) is 0.333. The van der Waals surface area contributed by atoms with Crippen LogP contribution in [0.4, 0.5) is 15.8 Å². The number of anilines is 2. The van der Waals surface area contributed by atoms with Crippen molar-refractivity contribution >= 4 is 56.2 Å². The smallest absolute Gasteiger partial charge is 0.329 e. The standard InChI is InChI=1S/C42H46FN9O5S/c1-4-51(58(56)44-2)40-37(57-27-28-8-6-5-7-9-28)23-30-11-10-29(22-33(30)39(40)43)31-25-45-50(26-31)21-18-48-16-19-49(20-17-48)32-12-13-34-36(24-32)47(3)42(55)52(34)35-14-15-38(53)46-41(35)54/h5-13,22-26,35,44H,4,14-21,27H2,1-3H3,(H,46,53,54). The van der Waals surface area contributed by atoms with E-state index in [0.717, 1.165) is 60.6 Å². The molecule has 58 heavy (non-hydrogen) atoms. The van der Waals surface area contributed by atoms with Crippen molar-refractivity contribution in [3.8, 4) is 16.9 Å². The van der Waals surface area contributed by atoms with Gasteiger partial charge >= 0.3 is 5.69 Å². The van der Waals surface area contributed by atoms with Crippen LogP contribution in [-0.2, 0) is 41.0 Å². The normalized spacial score (nSPS) is 16.9. The van der Waals surface area contributed by atoms with E-state index in [0.29, 0.717) is 41.5 Å². The van der Waals surface area contributed by atoms with Crippen molar-refractivity contribution in [2.75, 3.05) is 55.5 Å². The fourth-order valence-electron chi connectivity index (χ4n) is 7.93. The summed E-state index contributed by atoms with van der Waals surface area (Å²) in [5, 5.41) is 8.05. The average Bonchev–Trinajstić information content (AvgIpc) is 3.82. The van der Waals surface area contributed by atoms with E-state index in [1.807, 2.05) is 84.5 Å². The topological polar surface area (TPSA) is 139 Å². The molecule has 6 aromatic rings. The number of hydrogen-bond acceptors (Lipinski definition) is 8. The van der Waals surface area contributed by atoms with Gasteiger partial charge in [-0.2, -0.15) is 5.10 Å². The van der Waals surface area contributed by atoms with Gasteiger partial charge in [0.2, 0.25) is 11.8 Å². The second-order valence-corrected chi connectivity index (χ2v) is 15.9. The maximum Gasteiger partial charge on any atom is 0.329 e. The number of imide groups is 1. The van der Waals surface area contributed by atoms with Crippen molar-refractivity contribution in [1.82, 2.24) is 33.9 Å². The van der Waals surface area contributed by atoms with Gasteiger partial charge in [-0.1, -0.05) is 42.5 Å². The molecule has 2 aliphatic heterocycles. The highest BCUT2D eigenvalue weighted by Gasteiger charge is 2.32. The first kappa shape index (κ1) is 39.0. The molecule has 2 unspecified atom stereocenters. The van der Waals surface area contributed by atoms with Crippen LogP contribution in [0.5, 0.6) is 5.75 Å². The maximum atomic E-state index is 16.6. The number of benzene rings is 4. The maximum absolute atomic E-state index is 16.6. The Bertz CT molecular complexity index is 2580. The molecule has 0 saturated carbocycles. The van der Waals surface area contributed by atoms with Crippen LogP contribution in [0.1, 0.15) is 31.4 Å². The number of nitrogens with zero attached hydrogens (tertiary/aromatic N) is 7. The van der Waals surface area contributed by atoms with Crippen molar-refractivity contribution in [3.05, 3.63) is 107 Å². The summed E-state index contributed by atoms with van der Waals surface area (Å²) in [4.78, 5) is 42.2. The summed E-state index contributed by atoms with van der Waals surface area (Å²) >= 11 is -1.68. The molecule has 2 aromatic heterocycles. The van der Waals surface area contributed by atoms with Crippen LogP contribution < -0.4 is 29.7 Å². The molecule has 4 heterocycles. The molecule has 302 valence electrons. The van der Waals surface area contributed by atoms with Gasteiger partial charge in [-0.3, -0.25) is 37.9 Å². The molecule has 16 heteroatoms. The number of halogens is 1. The summed E-state index contributed by atoms with van der Waals surface area (Å²) in [5.41, 5.74) is 4.89. The summed E-state index contributed by atoms with van der Waals surface area (Å²) in [6.07, 6.45) is 4.26. The summed E-state index contributed by atoms with van der Waals surface area (Å²) < 4.78 is 44.9. The molecule has 8 rings (SSSR count). The Morgan fingerprint density at radius 3 is 2.50 bits per heavy atom. The lowest BCUT2D eigenvalue weighted by molar-refractivity contribution is -0.135. The third-order valence-corrected chi connectivity index (χ3v) is 12.3. The van der Waals surface area contributed by atoms with E-state index >= 15 is 4.39 Å². The summed E-state index contributed by atoms with van der Waals surface area (Å²) in [6, 6.07) is 22.3. The van der Waals surface area contributed by atoms with Crippen LogP contribution >= 0.6 is 0 Å². The Hall–Kier alpha value is -5.84. The average molecular weight is 808 g/mol. The van der Waals surface area contributed by atoms with Crippen LogP contribution in [0.25, 0.3) is 32.9 Å². The van der Waals surface area contributed by atoms with Gasteiger partial charge in [0.15, 0.2) is 17.0 Å². The second kappa shape index (κ2) is 16.6. The van der Waals surface area contributed by atoms with Crippen LogP contribution in [0.3, 0.4) is 0 Å². The molecule has 0 bridgehead atoms. The number of piperidine rings is 1. The molecule has 2 fully saturated rings. The Morgan fingerprint density at radius 2 is 1.76 bits per heavy atom. The third-order valence-electron chi connectivity index (χ3n) is 11.1. The number of imidazole rings is 1. The zero-order valence-corrected chi connectivity index (χ0v) is 33.5. The SMILES string of the molecule is CCN(c1c(OCc2ccccc2)cc2ccc(-c3cnn(CCN4CCN(c5ccc6c(c5)n(C)c(=O)n6C5CCC(=O)NC5=O)CC4)c3)cc2c1F)S(=O)NC. The van der Waals surface area contributed by atoms with E-state index < -0.39 is 28.9 Å². The molecular formula is C42H46FN9O5S. The monoisotopic (exact) mass is 807 g/mol. The molecule has 4 aromatic carbocycles. The molecule has 2 saturated heterocycles. The predicted molar refractivity (Wildman–Crippen MR) is 223 cm³/mol. The highest BCUT2D eigenvalue weighted by molar-refractivity contribution is 7.84. The molecule has 0 aliphatic carbocycles. The van der Waals surface area contributed by atoms with Crippen LogP contribution in [0, 0.1) is 5.82 Å². The van der Waals surface area contributed by atoms with Crippen LogP contribution in [0.15, 0.2) is 90.0 Å². The number of carbonyl (C=O) groups is 2. The number of aromatic nitrogens is 4.